The van der Waals surface area contributed by atoms with Gasteiger partial charge in [0.25, 0.3) is 0 Å². The number of nitro groups is 1. The van der Waals surface area contributed by atoms with Crippen molar-refractivity contribution in [3.8, 4) is 11.5 Å². The lowest BCUT2D eigenvalue weighted by atomic mass is 10.1. The maximum Gasteiger partial charge on any atom is 0.416 e. The topological polar surface area (TPSA) is 115 Å². The molecule has 164 valence electrons. The van der Waals surface area contributed by atoms with Gasteiger partial charge in [0.15, 0.2) is 0 Å². The molecule has 0 aliphatic carbocycles. The van der Waals surface area contributed by atoms with Gasteiger partial charge in [0.05, 0.1) is 27.2 Å². The van der Waals surface area contributed by atoms with Crippen molar-refractivity contribution in [1.29, 1.82) is 0 Å². The first-order chi connectivity index (χ1) is 15.1. The second-order valence-corrected chi connectivity index (χ2v) is 9.54. The number of carboxylic acid groups (broad SMARTS) is 1. The second kappa shape index (κ2) is 8.36. The molecule has 0 spiro atoms. The Kier molecular flexibility index (Phi) is 5.74. The molecule has 0 saturated carbocycles. The van der Waals surface area contributed by atoms with Gasteiger partial charge in [-0.25, -0.2) is 14.5 Å². The van der Waals surface area contributed by atoms with Crippen LogP contribution in [0.3, 0.4) is 0 Å². The van der Waals surface area contributed by atoms with Crippen molar-refractivity contribution < 1.29 is 32.7 Å². The Morgan fingerprint density at radius 2 is 1.97 bits per heavy atom. The Bertz CT molecular complexity index is 1280. The van der Waals surface area contributed by atoms with E-state index in [1.165, 1.54) is 17.8 Å². The lowest BCUT2D eigenvalue weighted by Gasteiger charge is -2.10. The van der Waals surface area contributed by atoms with Gasteiger partial charge in [0.1, 0.15) is 18.9 Å². The smallest absolute Gasteiger partial charge is 0.416 e. The third-order valence-corrected chi connectivity index (χ3v) is 7.43. The van der Waals surface area contributed by atoms with Crippen LogP contribution >= 0.6 is 19.8 Å². The first kappa shape index (κ1) is 22.0. The third kappa shape index (κ3) is 4.51. The highest BCUT2D eigenvalue weighted by Crippen LogP contribution is 2.49. The van der Waals surface area contributed by atoms with Crippen LogP contribution in [-0.4, -0.2) is 31.3 Å². The van der Waals surface area contributed by atoms with Gasteiger partial charge >= 0.3 is 17.6 Å². The predicted molar refractivity (Wildman–Crippen MR) is 114 cm³/mol. The Labute approximate surface area is 183 Å². The van der Waals surface area contributed by atoms with Crippen LogP contribution in [0.4, 0.5) is 23.7 Å². The number of nitro benzene ring substituents is 1. The van der Waals surface area contributed by atoms with Crippen molar-refractivity contribution in [3.05, 3.63) is 69.9 Å². The molecule has 3 aromatic rings. The van der Waals surface area contributed by atoms with Crippen molar-refractivity contribution >= 4 is 47.2 Å². The number of carbonyl (C=O) groups is 1. The van der Waals surface area contributed by atoms with Crippen LogP contribution in [-0.2, 0) is 6.18 Å². The number of ether oxygens (including phenoxy) is 1. The van der Waals surface area contributed by atoms with Crippen LogP contribution in [0.25, 0.3) is 10.9 Å². The van der Waals surface area contributed by atoms with E-state index >= 15 is 0 Å². The fourth-order valence-corrected chi connectivity index (χ4v) is 5.70. The molecular formula is C19H11F3N3O5PS. The van der Waals surface area contributed by atoms with Crippen molar-refractivity contribution in [2.24, 2.45) is 4.76 Å². The van der Waals surface area contributed by atoms with Crippen LogP contribution in [0.2, 0.25) is 0 Å². The summed E-state index contributed by atoms with van der Waals surface area (Å²) >= 11 is 1.32. The van der Waals surface area contributed by atoms with Crippen LogP contribution in [0.5, 0.6) is 11.5 Å². The van der Waals surface area contributed by atoms with Gasteiger partial charge in [-0.3, -0.25) is 10.1 Å². The summed E-state index contributed by atoms with van der Waals surface area (Å²) in [6.45, 7) is 0. The SMILES string of the molecule is O=C(O)P1CSC(c2ccc3cc(Oc4ccc(C(F)(F)F)cc4[N+](=O)[O-])ccc3n2)=N1. The quantitative estimate of drug-likeness (QED) is 0.252. The number of pyridine rings is 1. The van der Waals surface area contributed by atoms with E-state index in [1.807, 2.05) is 0 Å². The molecule has 8 nitrogen and oxygen atoms in total. The van der Waals surface area contributed by atoms with E-state index in [0.717, 1.165) is 6.07 Å². The number of benzene rings is 2. The highest BCUT2D eigenvalue weighted by molar-refractivity contribution is 8.21. The minimum Gasteiger partial charge on any atom is -0.477 e. The monoisotopic (exact) mass is 481 g/mol. The molecule has 0 radical (unpaired) electrons. The lowest BCUT2D eigenvalue weighted by molar-refractivity contribution is -0.385. The summed E-state index contributed by atoms with van der Waals surface area (Å²) in [6, 6.07) is 10.0. The Hall–Kier alpha value is -3.24. The average molecular weight is 481 g/mol. The largest absolute Gasteiger partial charge is 0.477 e. The summed E-state index contributed by atoms with van der Waals surface area (Å²) in [5.41, 5.74) is -1.43. The number of thioether (sulfide) groups is 1. The molecule has 32 heavy (non-hydrogen) atoms. The van der Waals surface area contributed by atoms with E-state index in [2.05, 4.69) is 9.75 Å². The number of alkyl halides is 3. The van der Waals surface area contributed by atoms with Gasteiger partial charge in [0.2, 0.25) is 5.75 Å². The third-order valence-electron chi connectivity index (χ3n) is 4.35. The van der Waals surface area contributed by atoms with E-state index in [-0.39, 0.29) is 11.5 Å². The molecule has 1 atom stereocenters. The van der Waals surface area contributed by atoms with E-state index < -0.39 is 36.1 Å². The van der Waals surface area contributed by atoms with Gasteiger partial charge in [-0.1, -0.05) is 17.8 Å². The van der Waals surface area contributed by atoms with Gasteiger partial charge in [-0.2, -0.15) is 13.2 Å². The molecule has 0 amide bonds. The van der Waals surface area contributed by atoms with Crippen molar-refractivity contribution in [2.75, 3.05) is 5.49 Å². The standard InChI is InChI=1S/C19H11F3N3O5PS/c20-19(21,22)11-2-6-16(15(8-11)25(28)29)30-12-3-5-13-10(7-12)1-4-14(23-13)17-24-31(9-32-17)18(26)27/h1-8H,9H2,(H,26,27). The molecular weight excluding hydrogens is 470 g/mol. The number of hydrogen-bond acceptors (Lipinski definition) is 7. The zero-order valence-corrected chi connectivity index (χ0v) is 17.4. The molecule has 0 bridgehead atoms. The molecule has 1 aliphatic rings. The summed E-state index contributed by atoms with van der Waals surface area (Å²) < 4.78 is 48.3. The van der Waals surface area contributed by atoms with E-state index in [1.54, 1.807) is 24.3 Å². The second-order valence-electron chi connectivity index (χ2n) is 6.45. The molecule has 1 aliphatic heterocycles. The number of rotatable bonds is 5. The van der Waals surface area contributed by atoms with Gasteiger partial charge in [0, 0.05) is 11.5 Å². The van der Waals surface area contributed by atoms with Crippen LogP contribution in [0, 0.1) is 10.1 Å². The number of hydrogen-bond donors (Lipinski definition) is 1. The summed E-state index contributed by atoms with van der Waals surface area (Å²) in [5.74, 6) is -0.150. The fraction of sp³-hybridized carbons (Fsp3) is 0.105. The molecule has 2 aromatic carbocycles. The molecule has 0 fully saturated rings. The maximum atomic E-state index is 12.9. The van der Waals surface area contributed by atoms with Crippen LogP contribution < -0.4 is 4.74 Å². The summed E-state index contributed by atoms with van der Waals surface area (Å²) in [7, 11) is -1.48. The van der Waals surface area contributed by atoms with Crippen LogP contribution in [0.1, 0.15) is 11.3 Å². The molecule has 1 N–H and O–H groups in total. The molecule has 1 unspecified atom stereocenters. The Balaban J connectivity index is 1.62. The fourth-order valence-electron chi connectivity index (χ4n) is 2.85. The van der Waals surface area contributed by atoms with E-state index in [0.29, 0.717) is 39.3 Å². The lowest BCUT2D eigenvalue weighted by Crippen LogP contribution is -2.06. The summed E-state index contributed by atoms with van der Waals surface area (Å²) in [5, 5.41) is 21.5. The number of aromatic nitrogens is 1. The first-order valence-electron chi connectivity index (χ1n) is 8.78. The highest BCUT2D eigenvalue weighted by atomic mass is 32.2. The predicted octanol–water partition coefficient (Wildman–Crippen LogP) is 6.48. The van der Waals surface area contributed by atoms with Crippen molar-refractivity contribution in [3.63, 3.8) is 0 Å². The Morgan fingerprint density at radius 3 is 2.62 bits per heavy atom. The van der Waals surface area contributed by atoms with E-state index in [9.17, 15) is 28.1 Å². The average Bonchev–Trinajstić information content (AvgIpc) is 3.23. The minimum absolute atomic E-state index is 0.178. The normalized spacial score (nSPS) is 16.1. The zero-order chi connectivity index (χ0) is 23.0. The molecule has 1 aromatic heterocycles. The van der Waals surface area contributed by atoms with Gasteiger partial charge < -0.3 is 9.84 Å². The number of halogens is 3. The number of nitrogens with zero attached hydrogens (tertiary/aromatic N) is 3. The van der Waals surface area contributed by atoms with Gasteiger partial charge in [-0.15, -0.1) is 0 Å². The molecule has 0 saturated heterocycles. The first-order valence-corrected chi connectivity index (χ1v) is 11.2. The van der Waals surface area contributed by atoms with E-state index in [4.69, 9.17) is 9.84 Å². The zero-order valence-electron chi connectivity index (χ0n) is 15.7. The molecule has 2 heterocycles. The molecule has 4 rings (SSSR count). The minimum atomic E-state index is -4.72. The number of fused-ring (bicyclic) bond motifs is 1. The molecule has 13 heteroatoms. The Morgan fingerprint density at radius 1 is 1.19 bits per heavy atom. The van der Waals surface area contributed by atoms with Gasteiger partial charge in [-0.05, 0) is 36.4 Å². The van der Waals surface area contributed by atoms with Crippen molar-refractivity contribution in [1.82, 2.24) is 4.98 Å². The summed E-state index contributed by atoms with van der Waals surface area (Å²) in [6.07, 6.45) is -4.72. The van der Waals surface area contributed by atoms with Crippen molar-refractivity contribution in [2.45, 2.75) is 6.18 Å². The van der Waals surface area contributed by atoms with Crippen LogP contribution in [0.15, 0.2) is 53.3 Å². The maximum absolute atomic E-state index is 12.9. The highest BCUT2D eigenvalue weighted by Gasteiger charge is 2.33. The summed E-state index contributed by atoms with van der Waals surface area (Å²) in [4.78, 5) is 25.8.